The van der Waals surface area contributed by atoms with Crippen LogP contribution in [-0.2, 0) is 27.9 Å². The lowest BCUT2D eigenvalue weighted by Crippen LogP contribution is -2.28. The van der Waals surface area contributed by atoms with E-state index in [1.807, 2.05) is 0 Å². The summed E-state index contributed by atoms with van der Waals surface area (Å²) in [6, 6.07) is 0. The molecule has 0 aromatic heterocycles. The van der Waals surface area contributed by atoms with Gasteiger partial charge in [0.1, 0.15) is 6.10 Å². The number of rotatable bonds is 32. The minimum absolute atomic E-state index is 0.0909. The number of hydrogen-bond acceptors (Lipinski definition) is 7. The molecule has 2 atom stereocenters. The van der Waals surface area contributed by atoms with E-state index in [9.17, 15) is 14.3 Å². The second-order valence-corrected chi connectivity index (χ2v) is 12.5. The second-order valence-electron chi connectivity index (χ2n) is 11.0. The molecule has 0 radical (unpaired) electrons. The molecule has 0 saturated heterocycles. The molecule has 2 unspecified atom stereocenters. The van der Waals surface area contributed by atoms with Crippen LogP contribution in [0.4, 0.5) is 0 Å². The Morgan fingerprint density at radius 3 is 1.57 bits per heavy atom. The van der Waals surface area contributed by atoms with Gasteiger partial charge in [-0.05, 0) is 12.8 Å². The molecule has 40 heavy (non-hydrogen) atoms. The number of ether oxygens (including phenoxy) is 2. The van der Waals surface area contributed by atoms with Gasteiger partial charge in [0.25, 0.3) is 0 Å². The van der Waals surface area contributed by atoms with Crippen molar-refractivity contribution in [1.82, 2.24) is 0 Å². The molecule has 0 aliphatic carbocycles. The van der Waals surface area contributed by atoms with E-state index in [0.29, 0.717) is 13.0 Å². The van der Waals surface area contributed by atoms with Gasteiger partial charge < -0.3 is 20.1 Å². The third-order valence-electron chi connectivity index (χ3n) is 7.02. The molecule has 0 rings (SSSR count). The molecule has 9 heteroatoms. The van der Waals surface area contributed by atoms with Crippen LogP contribution >= 0.6 is 7.82 Å². The van der Waals surface area contributed by atoms with Gasteiger partial charge in [-0.2, -0.15) is 0 Å². The molecule has 0 bridgehead atoms. The van der Waals surface area contributed by atoms with Crippen molar-refractivity contribution in [3.05, 3.63) is 0 Å². The topological polar surface area (TPSA) is 117 Å². The molecule has 0 aliphatic heterocycles. The van der Waals surface area contributed by atoms with Gasteiger partial charge >= 0.3 is 13.8 Å². The maximum Gasteiger partial charge on any atom is 0.472 e. The molecule has 0 spiro atoms. The first-order valence-electron chi connectivity index (χ1n) is 16.5. The van der Waals surface area contributed by atoms with Crippen LogP contribution in [0, 0.1) is 0 Å². The molecule has 0 amide bonds. The summed E-state index contributed by atoms with van der Waals surface area (Å²) in [6.07, 6.45) is 25.4. The van der Waals surface area contributed by atoms with Gasteiger partial charge in [-0.15, -0.1) is 0 Å². The smallest absolute Gasteiger partial charge is 0.457 e. The van der Waals surface area contributed by atoms with E-state index in [0.717, 1.165) is 32.1 Å². The van der Waals surface area contributed by atoms with Crippen molar-refractivity contribution in [1.29, 1.82) is 0 Å². The molecular formula is C31H64NO7P. The summed E-state index contributed by atoms with van der Waals surface area (Å²) < 4.78 is 33.1. The first-order valence-corrected chi connectivity index (χ1v) is 18.0. The standard InChI is InChI=1S/C31H64NO7P/c1-3-5-7-9-11-13-15-17-19-21-23-26-36-28-30(29-38-40(34,35)37-27-25-32)39-31(33)24-22-20-18-16-14-12-10-8-6-4-2/h30H,3-29,32H2,1-2H3,(H,34,35). The summed E-state index contributed by atoms with van der Waals surface area (Å²) in [6.45, 7) is 4.91. The van der Waals surface area contributed by atoms with E-state index in [2.05, 4.69) is 13.8 Å². The molecule has 0 aliphatic rings. The number of phosphoric acid groups is 1. The van der Waals surface area contributed by atoms with Crippen LogP contribution in [0.15, 0.2) is 0 Å². The molecule has 3 N–H and O–H groups in total. The van der Waals surface area contributed by atoms with Gasteiger partial charge in [0.05, 0.1) is 19.8 Å². The summed E-state index contributed by atoms with van der Waals surface area (Å²) in [5.74, 6) is -0.331. The molecule has 0 aromatic rings. The van der Waals surface area contributed by atoms with Crippen LogP contribution in [0.25, 0.3) is 0 Å². The van der Waals surface area contributed by atoms with Crippen molar-refractivity contribution in [2.24, 2.45) is 5.73 Å². The fourth-order valence-electron chi connectivity index (χ4n) is 4.58. The maximum atomic E-state index is 12.4. The number of carbonyl (C=O) groups is 1. The Morgan fingerprint density at radius 1 is 0.650 bits per heavy atom. The summed E-state index contributed by atoms with van der Waals surface area (Å²) >= 11 is 0. The van der Waals surface area contributed by atoms with E-state index in [-0.39, 0.29) is 32.3 Å². The quantitative estimate of drug-likeness (QED) is 0.0452. The predicted molar refractivity (Wildman–Crippen MR) is 164 cm³/mol. The maximum absolute atomic E-state index is 12.4. The number of nitrogens with two attached hydrogens (primary N) is 1. The highest BCUT2D eigenvalue weighted by Gasteiger charge is 2.25. The lowest BCUT2D eigenvalue weighted by atomic mass is 10.1. The Bertz CT molecular complexity index is 594. The van der Waals surface area contributed by atoms with Crippen molar-refractivity contribution in [2.45, 2.75) is 161 Å². The van der Waals surface area contributed by atoms with Crippen LogP contribution in [0.5, 0.6) is 0 Å². The van der Waals surface area contributed by atoms with Crippen molar-refractivity contribution in [2.75, 3.05) is 33.0 Å². The zero-order valence-corrected chi connectivity index (χ0v) is 27.0. The van der Waals surface area contributed by atoms with Crippen LogP contribution in [-0.4, -0.2) is 49.9 Å². The monoisotopic (exact) mass is 593 g/mol. The molecule has 0 heterocycles. The summed E-state index contributed by atoms with van der Waals surface area (Å²) in [5.41, 5.74) is 5.33. The highest BCUT2D eigenvalue weighted by atomic mass is 31.2. The van der Waals surface area contributed by atoms with Gasteiger partial charge in [0.15, 0.2) is 0 Å². The molecular weight excluding hydrogens is 529 g/mol. The van der Waals surface area contributed by atoms with Gasteiger partial charge in [-0.1, -0.05) is 136 Å². The third kappa shape index (κ3) is 29.0. The number of unbranched alkanes of at least 4 members (excludes halogenated alkanes) is 19. The second kappa shape index (κ2) is 30.0. The molecule has 0 aromatic carbocycles. The minimum atomic E-state index is -4.25. The highest BCUT2D eigenvalue weighted by Crippen LogP contribution is 2.43. The fraction of sp³-hybridized carbons (Fsp3) is 0.968. The number of phosphoric ester groups is 1. The highest BCUT2D eigenvalue weighted by molar-refractivity contribution is 7.47. The summed E-state index contributed by atoms with van der Waals surface area (Å²) in [5, 5.41) is 0. The first-order chi connectivity index (χ1) is 19.4. The van der Waals surface area contributed by atoms with E-state index in [1.165, 1.54) is 103 Å². The van der Waals surface area contributed by atoms with Crippen molar-refractivity contribution in [3.63, 3.8) is 0 Å². The number of carbonyl (C=O) groups excluding carboxylic acids is 1. The molecule has 0 saturated carbocycles. The lowest BCUT2D eigenvalue weighted by molar-refractivity contribution is -0.154. The van der Waals surface area contributed by atoms with Crippen LogP contribution in [0.3, 0.4) is 0 Å². The fourth-order valence-corrected chi connectivity index (χ4v) is 5.35. The Hall–Kier alpha value is -0.500. The summed E-state index contributed by atoms with van der Waals surface area (Å²) in [4.78, 5) is 22.2. The minimum Gasteiger partial charge on any atom is -0.457 e. The SMILES string of the molecule is CCCCCCCCCCCCCOCC(COP(=O)(O)OCCN)OC(=O)CCCCCCCCCCCC. The number of hydrogen-bond donors (Lipinski definition) is 2. The van der Waals surface area contributed by atoms with Gasteiger partial charge in [-0.3, -0.25) is 13.8 Å². The molecule has 240 valence electrons. The van der Waals surface area contributed by atoms with Gasteiger partial charge in [0, 0.05) is 19.6 Å². The Labute approximate surface area is 246 Å². The molecule has 8 nitrogen and oxygen atoms in total. The zero-order chi connectivity index (χ0) is 29.6. The largest absolute Gasteiger partial charge is 0.472 e. The van der Waals surface area contributed by atoms with E-state index in [4.69, 9.17) is 24.3 Å². The van der Waals surface area contributed by atoms with E-state index < -0.39 is 13.9 Å². The first kappa shape index (κ1) is 39.5. The Balaban J connectivity index is 4.13. The normalized spacial score (nSPS) is 13.8. The zero-order valence-electron chi connectivity index (χ0n) is 26.1. The lowest BCUT2D eigenvalue weighted by Gasteiger charge is -2.20. The van der Waals surface area contributed by atoms with Crippen LogP contribution < -0.4 is 5.73 Å². The van der Waals surface area contributed by atoms with Gasteiger partial charge in [-0.25, -0.2) is 4.57 Å². The number of esters is 1. The average molecular weight is 594 g/mol. The van der Waals surface area contributed by atoms with Crippen molar-refractivity contribution < 1.29 is 32.8 Å². The van der Waals surface area contributed by atoms with E-state index in [1.54, 1.807) is 0 Å². The van der Waals surface area contributed by atoms with Crippen molar-refractivity contribution in [3.8, 4) is 0 Å². The average Bonchev–Trinajstić information content (AvgIpc) is 2.94. The van der Waals surface area contributed by atoms with Crippen LogP contribution in [0.2, 0.25) is 0 Å². The third-order valence-corrected chi connectivity index (χ3v) is 8.01. The van der Waals surface area contributed by atoms with Crippen LogP contribution in [0.1, 0.15) is 155 Å². The Morgan fingerprint density at radius 2 is 1.10 bits per heavy atom. The van der Waals surface area contributed by atoms with E-state index >= 15 is 0 Å². The summed E-state index contributed by atoms with van der Waals surface area (Å²) in [7, 11) is -4.25. The van der Waals surface area contributed by atoms with Crippen molar-refractivity contribution >= 4 is 13.8 Å². The predicted octanol–water partition coefficient (Wildman–Crippen LogP) is 8.63. The Kier molecular flexibility index (Phi) is 29.6. The molecule has 0 fully saturated rings. The van der Waals surface area contributed by atoms with Gasteiger partial charge in [0.2, 0.25) is 0 Å².